The summed E-state index contributed by atoms with van der Waals surface area (Å²) < 4.78 is 0.925. The zero-order valence-corrected chi connectivity index (χ0v) is 10.8. The Bertz CT molecular complexity index is 337. The highest BCUT2D eigenvalue weighted by Gasteiger charge is 2.14. The minimum atomic E-state index is 0.317. The van der Waals surface area contributed by atoms with Gasteiger partial charge in [0.2, 0.25) is 5.28 Å². The molecule has 0 atom stereocenters. The molecular formula is C10H13BrClN3. The molecule has 1 saturated heterocycles. The largest absolute Gasteiger partial charge is 0.356 e. The molecule has 1 aliphatic heterocycles. The van der Waals surface area contributed by atoms with Crippen molar-refractivity contribution in [2.45, 2.75) is 25.7 Å². The lowest BCUT2D eigenvalue weighted by Gasteiger charge is -2.22. The number of hydrogen-bond donors (Lipinski definition) is 0. The molecule has 0 aromatic carbocycles. The number of hydrogen-bond acceptors (Lipinski definition) is 3. The van der Waals surface area contributed by atoms with Crippen LogP contribution in [0.3, 0.4) is 0 Å². The second-order valence-corrected chi connectivity index (χ2v) is 4.90. The first kappa shape index (κ1) is 11.1. The van der Waals surface area contributed by atoms with Gasteiger partial charge < -0.3 is 4.90 Å². The standard InChI is InChI=1S/C10H13BrClN3/c11-8-7-13-10(12)14-9(8)15-5-3-1-2-4-6-15/h7H,1-6H2. The Morgan fingerprint density at radius 3 is 2.53 bits per heavy atom. The molecule has 2 rings (SSSR count). The Morgan fingerprint density at radius 2 is 1.87 bits per heavy atom. The number of aromatic nitrogens is 2. The van der Waals surface area contributed by atoms with Gasteiger partial charge in [0.25, 0.3) is 0 Å². The van der Waals surface area contributed by atoms with Gasteiger partial charge in [-0.1, -0.05) is 12.8 Å². The van der Waals surface area contributed by atoms with E-state index in [0.29, 0.717) is 5.28 Å². The normalized spacial score (nSPS) is 17.6. The fourth-order valence-electron chi connectivity index (χ4n) is 1.84. The van der Waals surface area contributed by atoms with Crippen LogP contribution in [0.1, 0.15) is 25.7 Å². The van der Waals surface area contributed by atoms with Crippen LogP contribution >= 0.6 is 27.5 Å². The molecule has 0 radical (unpaired) electrons. The summed E-state index contributed by atoms with van der Waals surface area (Å²) in [7, 11) is 0. The molecule has 0 spiro atoms. The van der Waals surface area contributed by atoms with Crippen molar-refractivity contribution in [2.24, 2.45) is 0 Å². The summed E-state index contributed by atoms with van der Waals surface area (Å²) in [4.78, 5) is 10.5. The van der Waals surface area contributed by atoms with Gasteiger partial charge in [0, 0.05) is 19.3 Å². The molecule has 0 amide bonds. The summed E-state index contributed by atoms with van der Waals surface area (Å²) in [5.41, 5.74) is 0. The van der Waals surface area contributed by atoms with Gasteiger partial charge in [-0.3, -0.25) is 0 Å². The first-order chi connectivity index (χ1) is 7.27. The lowest BCUT2D eigenvalue weighted by atomic mass is 10.2. The fraction of sp³-hybridized carbons (Fsp3) is 0.600. The third-order valence-corrected chi connectivity index (χ3v) is 3.34. The van der Waals surface area contributed by atoms with Crippen LogP contribution in [0.4, 0.5) is 5.82 Å². The summed E-state index contributed by atoms with van der Waals surface area (Å²) in [5.74, 6) is 0.928. The van der Waals surface area contributed by atoms with Gasteiger partial charge in [0.1, 0.15) is 5.82 Å². The molecule has 0 bridgehead atoms. The van der Waals surface area contributed by atoms with E-state index in [0.717, 1.165) is 23.4 Å². The summed E-state index contributed by atoms with van der Waals surface area (Å²) >= 11 is 9.27. The average Bonchev–Trinajstić information content (AvgIpc) is 2.50. The maximum Gasteiger partial charge on any atom is 0.224 e. The van der Waals surface area contributed by atoms with Crippen LogP contribution in [0.15, 0.2) is 10.7 Å². The molecule has 0 N–H and O–H groups in total. The number of rotatable bonds is 1. The second kappa shape index (κ2) is 5.12. The van der Waals surface area contributed by atoms with E-state index in [1.807, 2.05) is 0 Å². The first-order valence-electron chi connectivity index (χ1n) is 5.20. The molecule has 0 unspecified atom stereocenters. The maximum absolute atomic E-state index is 5.81. The summed E-state index contributed by atoms with van der Waals surface area (Å²) in [6.07, 6.45) is 6.80. The van der Waals surface area contributed by atoms with Gasteiger partial charge in [-0.2, -0.15) is 4.98 Å². The molecule has 15 heavy (non-hydrogen) atoms. The van der Waals surface area contributed by atoms with E-state index < -0.39 is 0 Å². The quantitative estimate of drug-likeness (QED) is 0.743. The zero-order chi connectivity index (χ0) is 10.7. The summed E-state index contributed by atoms with van der Waals surface area (Å²) in [6, 6.07) is 0. The van der Waals surface area contributed by atoms with Gasteiger partial charge in [-0.25, -0.2) is 4.98 Å². The highest BCUT2D eigenvalue weighted by molar-refractivity contribution is 9.10. The molecular weight excluding hydrogens is 277 g/mol. The van der Waals surface area contributed by atoms with Crippen molar-refractivity contribution in [3.8, 4) is 0 Å². The zero-order valence-electron chi connectivity index (χ0n) is 8.42. The Labute approximate surface area is 103 Å². The lowest BCUT2D eigenvalue weighted by Crippen LogP contribution is -2.25. The number of halogens is 2. The van der Waals surface area contributed by atoms with Crippen LogP contribution in [0, 0.1) is 0 Å². The van der Waals surface area contributed by atoms with E-state index in [-0.39, 0.29) is 0 Å². The molecule has 5 heteroatoms. The van der Waals surface area contributed by atoms with Crippen molar-refractivity contribution < 1.29 is 0 Å². The molecule has 82 valence electrons. The van der Waals surface area contributed by atoms with Gasteiger partial charge >= 0.3 is 0 Å². The Morgan fingerprint density at radius 1 is 1.20 bits per heavy atom. The van der Waals surface area contributed by atoms with Crippen molar-refractivity contribution in [1.82, 2.24) is 9.97 Å². The minimum absolute atomic E-state index is 0.317. The van der Waals surface area contributed by atoms with E-state index >= 15 is 0 Å². The highest BCUT2D eigenvalue weighted by atomic mass is 79.9. The molecule has 1 fully saturated rings. The van der Waals surface area contributed by atoms with E-state index in [1.54, 1.807) is 6.20 Å². The third-order valence-electron chi connectivity index (χ3n) is 2.60. The fourth-order valence-corrected chi connectivity index (χ4v) is 2.41. The Hall–Kier alpha value is -0.350. The van der Waals surface area contributed by atoms with E-state index in [2.05, 4.69) is 30.8 Å². The van der Waals surface area contributed by atoms with Gasteiger partial charge in [-0.15, -0.1) is 0 Å². The SMILES string of the molecule is Clc1ncc(Br)c(N2CCCCCC2)n1. The average molecular weight is 291 g/mol. The predicted molar refractivity (Wildman–Crippen MR) is 65.4 cm³/mol. The molecule has 3 nitrogen and oxygen atoms in total. The van der Waals surface area contributed by atoms with E-state index in [4.69, 9.17) is 11.6 Å². The second-order valence-electron chi connectivity index (χ2n) is 3.71. The number of nitrogens with zero attached hydrogens (tertiary/aromatic N) is 3. The summed E-state index contributed by atoms with van der Waals surface area (Å²) in [5, 5.41) is 0.317. The van der Waals surface area contributed by atoms with Crippen LogP contribution < -0.4 is 4.90 Å². The predicted octanol–water partition coefficient (Wildman–Crippen LogP) is 3.27. The molecule has 1 aromatic heterocycles. The van der Waals surface area contributed by atoms with Crippen molar-refractivity contribution in [1.29, 1.82) is 0 Å². The van der Waals surface area contributed by atoms with E-state index in [9.17, 15) is 0 Å². The highest BCUT2D eigenvalue weighted by Crippen LogP contribution is 2.26. The third kappa shape index (κ3) is 2.82. The first-order valence-corrected chi connectivity index (χ1v) is 6.37. The minimum Gasteiger partial charge on any atom is -0.356 e. The van der Waals surface area contributed by atoms with Crippen molar-refractivity contribution >= 4 is 33.3 Å². The van der Waals surface area contributed by atoms with Gasteiger partial charge in [-0.05, 0) is 40.4 Å². The van der Waals surface area contributed by atoms with Crippen LogP contribution in [0.2, 0.25) is 5.28 Å². The number of anilines is 1. The van der Waals surface area contributed by atoms with Crippen LogP contribution in [-0.4, -0.2) is 23.1 Å². The van der Waals surface area contributed by atoms with Crippen molar-refractivity contribution in [3.63, 3.8) is 0 Å². The van der Waals surface area contributed by atoms with Crippen molar-refractivity contribution in [2.75, 3.05) is 18.0 Å². The maximum atomic E-state index is 5.81. The molecule has 2 heterocycles. The molecule has 0 aliphatic carbocycles. The molecule has 1 aliphatic rings. The molecule has 0 saturated carbocycles. The van der Waals surface area contributed by atoms with Crippen LogP contribution in [0.5, 0.6) is 0 Å². The van der Waals surface area contributed by atoms with E-state index in [1.165, 1.54) is 25.7 Å². The van der Waals surface area contributed by atoms with Gasteiger partial charge in [0.15, 0.2) is 0 Å². The Balaban J connectivity index is 2.22. The van der Waals surface area contributed by atoms with Crippen LogP contribution in [-0.2, 0) is 0 Å². The summed E-state index contributed by atoms with van der Waals surface area (Å²) in [6.45, 7) is 2.12. The molecule has 1 aromatic rings. The van der Waals surface area contributed by atoms with Crippen LogP contribution in [0.25, 0.3) is 0 Å². The monoisotopic (exact) mass is 289 g/mol. The Kier molecular flexibility index (Phi) is 3.81. The van der Waals surface area contributed by atoms with Crippen molar-refractivity contribution in [3.05, 3.63) is 16.0 Å². The lowest BCUT2D eigenvalue weighted by molar-refractivity contribution is 0.726. The van der Waals surface area contributed by atoms with Gasteiger partial charge in [0.05, 0.1) is 4.47 Å². The topological polar surface area (TPSA) is 29.0 Å². The smallest absolute Gasteiger partial charge is 0.224 e.